The Morgan fingerprint density at radius 3 is 2.83 bits per heavy atom. The van der Waals surface area contributed by atoms with Crippen LogP contribution in [0.3, 0.4) is 0 Å². The normalized spacial score (nSPS) is 11.0. The summed E-state index contributed by atoms with van der Waals surface area (Å²) in [6.45, 7) is 2.78. The number of H-pyrrole nitrogens is 1. The van der Waals surface area contributed by atoms with Gasteiger partial charge in [-0.2, -0.15) is 0 Å². The van der Waals surface area contributed by atoms with Crippen LogP contribution in [0.15, 0.2) is 29.1 Å². The average molecular weight is 245 g/mol. The molecule has 0 atom stereocenters. The van der Waals surface area contributed by atoms with Gasteiger partial charge in [-0.1, -0.05) is 25.5 Å². The van der Waals surface area contributed by atoms with Gasteiger partial charge in [0.05, 0.1) is 12.1 Å². The molecule has 0 spiro atoms. The van der Waals surface area contributed by atoms with Crippen LogP contribution in [0.25, 0.3) is 10.9 Å². The van der Waals surface area contributed by atoms with E-state index in [1.165, 1.54) is 0 Å². The number of para-hydroxylation sites is 1. The monoisotopic (exact) mass is 245 g/mol. The number of nitrogens with one attached hydrogen (secondary N) is 1. The zero-order valence-corrected chi connectivity index (χ0v) is 11.0. The summed E-state index contributed by atoms with van der Waals surface area (Å²) < 4.78 is 5.11. The van der Waals surface area contributed by atoms with Gasteiger partial charge in [0, 0.05) is 24.3 Å². The number of aryl methyl sites for hydroxylation is 1. The molecule has 0 fully saturated rings. The summed E-state index contributed by atoms with van der Waals surface area (Å²) in [5, 5.41) is 0.767. The largest absolute Gasteiger partial charge is 0.384 e. The predicted octanol–water partition coefficient (Wildman–Crippen LogP) is 2.67. The number of aromatic nitrogens is 1. The maximum atomic E-state index is 12.0. The first kappa shape index (κ1) is 12.8. The number of pyridine rings is 1. The van der Waals surface area contributed by atoms with Crippen molar-refractivity contribution in [3.63, 3.8) is 0 Å². The molecule has 0 saturated carbocycles. The summed E-state index contributed by atoms with van der Waals surface area (Å²) in [6, 6.07) is 7.57. The molecule has 0 bridgehead atoms. The third-order valence-electron chi connectivity index (χ3n) is 3.10. The number of aromatic amines is 1. The Bertz CT molecular complexity index is 587. The summed E-state index contributed by atoms with van der Waals surface area (Å²) in [5.74, 6) is 0. The molecule has 18 heavy (non-hydrogen) atoms. The fraction of sp³-hybridized carbons (Fsp3) is 0.400. The van der Waals surface area contributed by atoms with Crippen LogP contribution in [0.2, 0.25) is 0 Å². The van der Waals surface area contributed by atoms with E-state index < -0.39 is 0 Å². The molecule has 0 saturated heterocycles. The molecule has 2 aromatic rings. The summed E-state index contributed by atoms with van der Waals surface area (Å²) in [7, 11) is 1.69. The zero-order valence-electron chi connectivity index (χ0n) is 11.0. The Morgan fingerprint density at radius 1 is 1.28 bits per heavy atom. The van der Waals surface area contributed by atoms with Gasteiger partial charge in [0.15, 0.2) is 5.43 Å². The molecule has 2 rings (SSSR count). The Hall–Kier alpha value is -1.61. The number of hydrogen-bond acceptors (Lipinski definition) is 2. The standard InChI is InChI=1S/C15H19NO2/c1-3-5-12-10-14(17)13-7-4-6-11(8-9-18-2)15(13)16-12/h4,6-7,10H,3,5,8-9H2,1-2H3,(H,16,17). The van der Waals surface area contributed by atoms with Gasteiger partial charge in [-0.05, 0) is 24.5 Å². The molecular formula is C15H19NO2. The van der Waals surface area contributed by atoms with Crippen molar-refractivity contribution in [2.45, 2.75) is 26.2 Å². The number of ether oxygens (including phenoxy) is 1. The van der Waals surface area contributed by atoms with E-state index in [1.54, 1.807) is 13.2 Å². The maximum Gasteiger partial charge on any atom is 0.189 e. The highest BCUT2D eigenvalue weighted by Crippen LogP contribution is 2.15. The highest BCUT2D eigenvalue weighted by molar-refractivity contribution is 5.81. The minimum absolute atomic E-state index is 0.103. The van der Waals surface area contributed by atoms with E-state index in [4.69, 9.17) is 4.74 Å². The molecule has 0 radical (unpaired) electrons. The molecule has 0 unspecified atom stereocenters. The molecule has 0 aliphatic carbocycles. The van der Waals surface area contributed by atoms with Crippen molar-refractivity contribution in [3.8, 4) is 0 Å². The van der Waals surface area contributed by atoms with E-state index in [0.29, 0.717) is 6.61 Å². The summed E-state index contributed by atoms with van der Waals surface area (Å²) in [4.78, 5) is 15.4. The molecule has 0 amide bonds. The lowest BCUT2D eigenvalue weighted by molar-refractivity contribution is 0.202. The molecule has 3 nitrogen and oxygen atoms in total. The van der Waals surface area contributed by atoms with Crippen molar-refractivity contribution in [1.82, 2.24) is 4.98 Å². The van der Waals surface area contributed by atoms with Gasteiger partial charge in [-0.3, -0.25) is 4.79 Å². The predicted molar refractivity (Wildman–Crippen MR) is 74.1 cm³/mol. The first-order chi connectivity index (χ1) is 8.76. The lowest BCUT2D eigenvalue weighted by atomic mass is 10.1. The highest BCUT2D eigenvalue weighted by Gasteiger charge is 2.06. The fourth-order valence-electron chi connectivity index (χ4n) is 2.21. The molecule has 1 aromatic heterocycles. The van der Waals surface area contributed by atoms with Gasteiger partial charge in [-0.15, -0.1) is 0 Å². The third kappa shape index (κ3) is 2.62. The van der Waals surface area contributed by atoms with Gasteiger partial charge in [0.2, 0.25) is 0 Å². The topological polar surface area (TPSA) is 42.1 Å². The van der Waals surface area contributed by atoms with E-state index >= 15 is 0 Å². The van der Waals surface area contributed by atoms with Crippen LogP contribution in [0.5, 0.6) is 0 Å². The van der Waals surface area contributed by atoms with E-state index in [9.17, 15) is 4.79 Å². The van der Waals surface area contributed by atoms with Crippen LogP contribution >= 0.6 is 0 Å². The van der Waals surface area contributed by atoms with E-state index in [-0.39, 0.29) is 5.43 Å². The second-order valence-corrected chi connectivity index (χ2v) is 4.49. The molecule has 96 valence electrons. The quantitative estimate of drug-likeness (QED) is 0.880. The number of fused-ring (bicyclic) bond motifs is 1. The lowest BCUT2D eigenvalue weighted by Gasteiger charge is -2.08. The van der Waals surface area contributed by atoms with Crippen LogP contribution in [-0.4, -0.2) is 18.7 Å². The smallest absolute Gasteiger partial charge is 0.189 e. The molecule has 3 heteroatoms. The van der Waals surface area contributed by atoms with Crippen molar-refractivity contribution < 1.29 is 4.74 Å². The van der Waals surface area contributed by atoms with Crippen molar-refractivity contribution >= 4 is 10.9 Å². The van der Waals surface area contributed by atoms with E-state index in [1.807, 2.05) is 18.2 Å². The molecule has 0 aliphatic heterocycles. The average Bonchev–Trinajstić information content (AvgIpc) is 2.37. The second-order valence-electron chi connectivity index (χ2n) is 4.49. The Labute approximate surface area is 107 Å². The van der Waals surface area contributed by atoms with Gasteiger partial charge >= 0.3 is 0 Å². The molecule has 0 aliphatic rings. The highest BCUT2D eigenvalue weighted by atomic mass is 16.5. The Morgan fingerprint density at radius 2 is 2.11 bits per heavy atom. The van der Waals surface area contributed by atoms with Gasteiger partial charge in [-0.25, -0.2) is 0 Å². The SMILES string of the molecule is CCCc1cc(=O)c2cccc(CCOC)c2[nH]1. The van der Waals surface area contributed by atoms with Crippen LogP contribution < -0.4 is 5.43 Å². The van der Waals surface area contributed by atoms with E-state index in [2.05, 4.69) is 11.9 Å². The van der Waals surface area contributed by atoms with Crippen molar-refractivity contribution in [2.24, 2.45) is 0 Å². The Kier molecular flexibility index (Phi) is 4.15. The van der Waals surface area contributed by atoms with E-state index in [0.717, 1.165) is 41.4 Å². The van der Waals surface area contributed by atoms with Crippen LogP contribution in [0.4, 0.5) is 0 Å². The maximum absolute atomic E-state index is 12.0. The van der Waals surface area contributed by atoms with Crippen molar-refractivity contribution in [1.29, 1.82) is 0 Å². The molecule has 1 N–H and O–H groups in total. The van der Waals surface area contributed by atoms with Crippen molar-refractivity contribution in [3.05, 3.63) is 45.7 Å². The van der Waals surface area contributed by atoms with Gasteiger partial charge in [0.1, 0.15) is 0 Å². The zero-order chi connectivity index (χ0) is 13.0. The summed E-state index contributed by atoms with van der Waals surface area (Å²) in [6.07, 6.45) is 2.75. The number of hydrogen-bond donors (Lipinski definition) is 1. The second kappa shape index (κ2) is 5.83. The van der Waals surface area contributed by atoms with Gasteiger partial charge < -0.3 is 9.72 Å². The first-order valence-corrected chi connectivity index (χ1v) is 6.39. The summed E-state index contributed by atoms with van der Waals surface area (Å²) >= 11 is 0. The van der Waals surface area contributed by atoms with Crippen LogP contribution in [0, 0.1) is 0 Å². The third-order valence-corrected chi connectivity index (χ3v) is 3.10. The molecule has 1 aromatic carbocycles. The van der Waals surface area contributed by atoms with Crippen molar-refractivity contribution in [2.75, 3.05) is 13.7 Å². The molecule has 1 heterocycles. The number of benzene rings is 1. The summed E-state index contributed by atoms with van der Waals surface area (Å²) in [5.41, 5.74) is 3.22. The minimum Gasteiger partial charge on any atom is -0.384 e. The first-order valence-electron chi connectivity index (χ1n) is 6.39. The number of rotatable bonds is 5. The van der Waals surface area contributed by atoms with Crippen LogP contribution in [-0.2, 0) is 17.6 Å². The van der Waals surface area contributed by atoms with Gasteiger partial charge in [0.25, 0.3) is 0 Å². The van der Waals surface area contributed by atoms with Crippen LogP contribution in [0.1, 0.15) is 24.6 Å². The fourth-order valence-corrected chi connectivity index (χ4v) is 2.21. The number of methoxy groups -OCH3 is 1. The lowest BCUT2D eigenvalue weighted by Crippen LogP contribution is -2.07. The minimum atomic E-state index is 0.103. The molecular weight excluding hydrogens is 226 g/mol. The Balaban J connectivity index is 2.54.